The van der Waals surface area contributed by atoms with E-state index >= 15 is 0 Å². The molecular weight excluding hydrogens is 449 g/mol. The van der Waals surface area contributed by atoms with E-state index < -0.39 is 0 Å². The quantitative estimate of drug-likeness (QED) is 0.269. The summed E-state index contributed by atoms with van der Waals surface area (Å²) in [5.74, 6) is 0.895. The summed E-state index contributed by atoms with van der Waals surface area (Å²) in [5.41, 5.74) is 1.46. The van der Waals surface area contributed by atoms with E-state index in [1.807, 2.05) is 7.05 Å². The zero-order valence-electron chi connectivity index (χ0n) is 17.5. The molecular formula is C21H38IN5. The van der Waals surface area contributed by atoms with Crippen LogP contribution in [-0.4, -0.2) is 67.6 Å². The molecule has 1 heterocycles. The van der Waals surface area contributed by atoms with Crippen LogP contribution >= 0.6 is 24.0 Å². The molecule has 2 rings (SSSR count). The third-order valence-electron chi connectivity index (χ3n) is 4.62. The van der Waals surface area contributed by atoms with Crippen molar-refractivity contribution < 1.29 is 0 Å². The maximum Gasteiger partial charge on any atom is 0.191 e. The number of hydrogen-bond donors (Lipinski definition) is 2. The Morgan fingerprint density at radius 2 is 1.63 bits per heavy atom. The monoisotopic (exact) mass is 487 g/mol. The van der Waals surface area contributed by atoms with E-state index in [0.29, 0.717) is 0 Å². The molecule has 0 aliphatic carbocycles. The molecule has 0 saturated carbocycles. The second-order valence-corrected chi connectivity index (χ2v) is 8.18. The first-order valence-electron chi connectivity index (χ1n) is 9.94. The molecule has 1 aliphatic heterocycles. The van der Waals surface area contributed by atoms with Gasteiger partial charge in [0.15, 0.2) is 5.96 Å². The van der Waals surface area contributed by atoms with Crippen LogP contribution in [0.25, 0.3) is 0 Å². The zero-order chi connectivity index (χ0) is 18.8. The summed E-state index contributed by atoms with van der Waals surface area (Å²) < 4.78 is 0. The predicted molar refractivity (Wildman–Crippen MR) is 127 cm³/mol. The molecule has 0 spiro atoms. The lowest BCUT2D eigenvalue weighted by atomic mass is 10.1. The lowest BCUT2D eigenvalue weighted by Crippen LogP contribution is -2.48. The third-order valence-corrected chi connectivity index (χ3v) is 4.62. The number of benzene rings is 1. The summed E-state index contributed by atoms with van der Waals surface area (Å²) in [5, 5.41) is 6.80. The van der Waals surface area contributed by atoms with Gasteiger partial charge in [0.05, 0.1) is 0 Å². The van der Waals surface area contributed by atoms with Crippen LogP contribution < -0.4 is 10.6 Å². The van der Waals surface area contributed by atoms with Crippen LogP contribution in [-0.2, 0) is 6.54 Å². The standard InChI is InChI=1S/C21H37N5.HI/c1-21(2,3)24-20(22-4)23-12-8-9-13-25-14-16-26(17-15-25)18-19-10-6-5-7-11-19;/h5-7,10-11H,8-9,12-18H2,1-4H3,(H2,22,23,24);1H. The summed E-state index contributed by atoms with van der Waals surface area (Å²) in [4.78, 5) is 9.45. The fraction of sp³-hybridized carbons (Fsp3) is 0.667. The maximum absolute atomic E-state index is 4.28. The molecule has 154 valence electrons. The number of nitrogens with zero attached hydrogens (tertiary/aromatic N) is 3. The number of unbranched alkanes of at least 4 members (excludes halogenated alkanes) is 1. The Morgan fingerprint density at radius 1 is 1.00 bits per heavy atom. The van der Waals surface area contributed by atoms with E-state index in [9.17, 15) is 0 Å². The van der Waals surface area contributed by atoms with Gasteiger partial charge in [-0.3, -0.25) is 9.89 Å². The van der Waals surface area contributed by atoms with Crippen LogP contribution in [0.15, 0.2) is 35.3 Å². The molecule has 2 N–H and O–H groups in total. The Balaban J connectivity index is 0.00000364. The van der Waals surface area contributed by atoms with Crippen molar-refractivity contribution in [1.82, 2.24) is 20.4 Å². The second kappa shape index (κ2) is 12.6. The highest BCUT2D eigenvalue weighted by Gasteiger charge is 2.16. The second-order valence-electron chi connectivity index (χ2n) is 8.18. The molecule has 1 saturated heterocycles. The molecule has 5 nitrogen and oxygen atoms in total. The van der Waals surface area contributed by atoms with Gasteiger partial charge in [-0.15, -0.1) is 24.0 Å². The maximum atomic E-state index is 4.28. The highest BCUT2D eigenvalue weighted by atomic mass is 127. The van der Waals surface area contributed by atoms with Crippen molar-refractivity contribution in [3.8, 4) is 0 Å². The van der Waals surface area contributed by atoms with Crippen molar-refractivity contribution in [2.24, 2.45) is 4.99 Å². The Labute approximate surface area is 183 Å². The average molecular weight is 487 g/mol. The van der Waals surface area contributed by atoms with Crippen molar-refractivity contribution in [1.29, 1.82) is 0 Å². The number of piperazine rings is 1. The van der Waals surface area contributed by atoms with Gasteiger partial charge >= 0.3 is 0 Å². The van der Waals surface area contributed by atoms with Crippen molar-refractivity contribution in [3.05, 3.63) is 35.9 Å². The van der Waals surface area contributed by atoms with E-state index in [2.05, 4.69) is 76.5 Å². The Hall–Kier alpha value is -0.860. The molecule has 0 atom stereocenters. The van der Waals surface area contributed by atoms with Gasteiger partial charge in [0.2, 0.25) is 0 Å². The van der Waals surface area contributed by atoms with Gasteiger partial charge in [-0.25, -0.2) is 0 Å². The molecule has 1 aliphatic rings. The molecule has 27 heavy (non-hydrogen) atoms. The van der Waals surface area contributed by atoms with Gasteiger partial charge in [-0.05, 0) is 45.7 Å². The fourth-order valence-electron chi connectivity index (χ4n) is 3.21. The van der Waals surface area contributed by atoms with Gasteiger partial charge in [0, 0.05) is 51.9 Å². The molecule has 0 bridgehead atoms. The van der Waals surface area contributed by atoms with Gasteiger partial charge in [-0.2, -0.15) is 0 Å². The molecule has 6 heteroatoms. The molecule has 1 fully saturated rings. The van der Waals surface area contributed by atoms with Crippen LogP contribution in [0.3, 0.4) is 0 Å². The topological polar surface area (TPSA) is 42.9 Å². The summed E-state index contributed by atoms with van der Waals surface area (Å²) >= 11 is 0. The van der Waals surface area contributed by atoms with Crippen LogP contribution in [0.4, 0.5) is 0 Å². The Morgan fingerprint density at radius 3 is 2.22 bits per heavy atom. The minimum Gasteiger partial charge on any atom is -0.356 e. The van der Waals surface area contributed by atoms with Gasteiger partial charge in [-0.1, -0.05) is 30.3 Å². The van der Waals surface area contributed by atoms with E-state index in [0.717, 1.165) is 19.0 Å². The first-order valence-corrected chi connectivity index (χ1v) is 9.94. The van der Waals surface area contributed by atoms with Crippen molar-refractivity contribution >= 4 is 29.9 Å². The minimum absolute atomic E-state index is 0. The van der Waals surface area contributed by atoms with E-state index in [-0.39, 0.29) is 29.5 Å². The Bertz CT molecular complexity index is 533. The number of nitrogens with one attached hydrogen (secondary N) is 2. The molecule has 1 aromatic rings. The van der Waals surface area contributed by atoms with Crippen LogP contribution in [0.5, 0.6) is 0 Å². The predicted octanol–water partition coefficient (Wildman–Crippen LogP) is 3.17. The van der Waals surface area contributed by atoms with Crippen LogP contribution in [0.1, 0.15) is 39.2 Å². The number of aliphatic imine (C=N–C) groups is 1. The van der Waals surface area contributed by atoms with E-state index in [1.165, 1.54) is 51.1 Å². The van der Waals surface area contributed by atoms with Crippen LogP contribution in [0.2, 0.25) is 0 Å². The number of hydrogen-bond acceptors (Lipinski definition) is 3. The normalized spacial score (nSPS) is 16.7. The number of guanidine groups is 1. The highest BCUT2D eigenvalue weighted by molar-refractivity contribution is 14.0. The largest absolute Gasteiger partial charge is 0.356 e. The minimum atomic E-state index is 0. The van der Waals surface area contributed by atoms with Gasteiger partial charge in [0.25, 0.3) is 0 Å². The van der Waals surface area contributed by atoms with Crippen molar-refractivity contribution in [2.75, 3.05) is 46.3 Å². The molecule has 0 amide bonds. The average Bonchev–Trinajstić information content (AvgIpc) is 2.61. The van der Waals surface area contributed by atoms with E-state index in [4.69, 9.17) is 0 Å². The summed E-state index contributed by atoms with van der Waals surface area (Å²) in [7, 11) is 1.83. The lowest BCUT2D eigenvalue weighted by molar-refractivity contribution is 0.126. The Kier molecular flexibility index (Phi) is 11.3. The smallest absolute Gasteiger partial charge is 0.191 e. The van der Waals surface area contributed by atoms with E-state index in [1.54, 1.807) is 0 Å². The summed E-state index contributed by atoms with van der Waals surface area (Å²) in [6, 6.07) is 10.8. The number of halogens is 1. The van der Waals surface area contributed by atoms with Gasteiger partial charge in [0.1, 0.15) is 0 Å². The molecule has 0 unspecified atom stereocenters. The highest BCUT2D eigenvalue weighted by Crippen LogP contribution is 2.09. The molecule has 1 aromatic carbocycles. The molecule has 0 radical (unpaired) electrons. The number of rotatable bonds is 7. The molecule has 0 aromatic heterocycles. The zero-order valence-corrected chi connectivity index (χ0v) is 19.8. The first kappa shape index (κ1) is 24.2. The van der Waals surface area contributed by atoms with Gasteiger partial charge < -0.3 is 15.5 Å². The SMILES string of the molecule is CN=C(NCCCCN1CCN(Cc2ccccc2)CC1)NC(C)(C)C.I. The van der Waals surface area contributed by atoms with Crippen LogP contribution in [0, 0.1) is 0 Å². The van der Waals surface area contributed by atoms with Crippen molar-refractivity contribution in [3.63, 3.8) is 0 Å². The first-order chi connectivity index (χ1) is 12.5. The summed E-state index contributed by atoms with van der Waals surface area (Å²) in [6.45, 7) is 14.4. The lowest BCUT2D eigenvalue weighted by Gasteiger charge is -2.34. The summed E-state index contributed by atoms with van der Waals surface area (Å²) in [6.07, 6.45) is 2.41. The fourth-order valence-corrected chi connectivity index (χ4v) is 3.21. The third kappa shape index (κ3) is 10.3. The van der Waals surface area contributed by atoms with Crippen molar-refractivity contribution in [2.45, 2.75) is 45.7 Å².